The number of rotatable bonds is 6. The van der Waals surface area contributed by atoms with Crippen LogP contribution >= 0.6 is 0 Å². The van der Waals surface area contributed by atoms with E-state index in [1.54, 1.807) is 0 Å². The van der Waals surface area contributed by atoms with Crippen LogP contribution in [0.4, 0.5) is 0 Å². The van der Waals surface area contributed by atoms with Crippen LogP contribution in [0.15, 0.2) is 34.1 Å². The van der Waals surface area contributed by atoms with Gasteiger partial charge in [0.15, 0.2) is 0 Å². The molecule has 7 nitrogen and oxygen atoms in total. The highest BCUT2D eigenvalue weighted by Gasteiger charge is 2.26. The summed E-state index contributed by atoms with van der Waals surface area (Å²) >= 11 is 0. The molecule has 0 bridgehead atoms. The number of sulfonamides is 2. The Morgan fingerprint density at radius 2 is 1.60 bits per heavy atom. The van der Waals surface area contributed by atoms with Crippen molar-refractivity contribution < 1.29 is 21.6 Å². The first-order chi connectivity index (χ1) is 11.9. The summed E-state index contributed by atoms with van der Waals surface area (Å²) in [4.78, 5) is 0.190. The van der Waals surface area contributed by atoms with Crippen molar-refractivity contribution in [1.82, 2.24) is 9.03 Å². The molecule has 0 aliphatic carbocycles. The molecule has 0 aromatic heterocycles. The normalized spacial score (nSPS) is 23.0. The zero-order valence-electron chi connectivity index (χ0n) is 14.1. The van der Waals surface area contributed by atoms with Gasteiger partial charge in [0.2, 0.25) is 20.0 Å². The lowest BCUT2D eigenvalue weighted by atomic mass is 10.2. The second-order valence-corrected chi connectivity index (χ2v) is 10.1. The molecule has 25 heavy (non-hydrogen) atoms. The van der Waals surface area contributed by atoms with Gasteiger partial charge in [0.05, 0.1) is 15.9 Å². The smallest absolute Gasteiger partial charge is 0.243 e. The lowest BCUT2D eigenvalue weighted by molar-refractivity contribution is 0.114. The lowest BCUT2D eigenvalue weighted by Gasteiger charge is -2.25. The minimum absolute atomic E-state index is 0.0584. The highest BCUT2D eigenvalue weighted by molar-refractivity contribution is 7.89. The molecule has 3 rings (SSSR count). The third-order valence-corrected chi connectivity index (χ3v) is 7.96. The van der Waals surface area contributed by atoms with Gasteiger partial charge in [-0.1, -0.05) is 6.42 Å². The maximum Gasteiger partial charge on any atom is 0.243 e. The summed E-state index contributed by atoms with van der Waals surface area (Å²) in [6.45, 7) is 1.93. The summed E-state index contributed by atoms with van der Waals surface area (Å²) in [5, 5.41) is 0. The summed E-state index contributed by atoms with van der Waals surface area (Å²) in [5.74, 6) is 0. The minimum atomic E-state index is -3.67. The van der Waals surface area contributed by atoms with Crippen molar-refractivity contribution in [3.05, 3.63) is 24.3 Å². The molecule has 9 heteroatoms. The van der Waals surface area contributed by atoms with Gasteiger partial charge in [-0.05, 0) is 49.9 Å². The topological polar surface area (TPSA) is 92.8 Å². The fourth-order valence-electron chi connectivity index (χ4n) is 3.14. The molecule has 1 atom stereocenters. The monoisotopic (exact) mass is 388 g/mol. The Kier molecular flexibility index (Phi) is 5.79. The van der Waals surface area contributed by atoms with E-state index in [0.717, 1.165) is 32.1 Å². The molecule has 1 unspecified atom stereocenters. The van der Waals surface area contributed by atoms with Gasteiger partial charge < -0.3 is 4.74 Å². The number of ether oxygens (including phenoxy) is 1. The van der Waals surface area contributed by atoms with Crippen molar-refractivity contribution >= 4 is 20.0 Å². The van der Waals surface area contributed by atoms with Crippen molar-refractivity contribution in [2.75, 3.05) is 26.2 Å². The van der Waals surface area contributed by atoms with Crippen molar-refractivity contribution in [2.45, 2.75) is 48.0 Å². The molecule has 2 heterocycles. The standard InChI is InChI=1S/C16H24N2O5S2/c19-24(20,17-13-14-5-4-12-23-14)15-6-8-16(9-7-15)25(21,22)18-10-2-1-3-11-18/h6-9,14,17H,1-5,10-13H2. The Hall–Kier alpha value is -1.00. The summed E-state index contributed by atoms with van der Waals surface area (Å²) in [6, 6.07) is 5.42. The van der Waals surface area contributed by atoms with Crippen LogP contribution in [-0.2, 0) is 24.8 Å². The molecular weight excluding hydrogens is 364 g/mol. The van der Waals surface area contributed by atoms with Crippen LogP contribution in [0.25, 0.3) is 0 Å². The minimum Gasteiger partial charge on any atom is -0.377 e. The van der Waals surface area contributed by atoms with Crippen LogP contribution in [0.1, 0.15) is 32.1 Å². The molecule has 2 aliphatic heterocycles. The molecule has 1 N–H and O–H groups in total. The van der Waals surface area contributed by atoms with Crippen LogP contribution in [0.5, 0.6) is 0 Å². The van der Waals surface area contributed by atoms with Crippen LogP contribution in [0.2, 0.25) is 0 Å². The summed E-state index contributed by atoms with van der Waals surface area (Å²) < 4.78 is 59.2. The first-order valence-corrected chi connectivity index (χ1v) is 11.5. The molecule has 0 saturated carbocycles. The summed E-state index contributed by atoms with van der Waals surface area (Å²) in [6.07, 6.45) is 4.45. The average Bonchev–Trinajstić information content (AvgIpc) is 3.15. The Morgan fingerprint density at radius 1 is 0.960 bits per heavy atom. The molecule has 1 aromatic rings. The highest BCUT2D eigenvalue weighted by atomic mass is 32.2. The number of hydrogen-bond acceptors (Lipinski definition) is 5. The fraction of sp³-hybridized carbons (Fsp3) is 0.625. The zero-order valence-corrected chi connectivity index (χ0v) is 15.7. The zero-order chi connectivity index (χ0) is 17.9. The quantitative estimate of drug-likeness (QED) is 0.793. The molecule has 2 saturated heterocycles. The molecule has 2 aliphatic rings. The second kappa shape index (κ2) is 7.71. The van der Waals surface area contributed by atoms with Crippen LogP contribution in [-0.4, -0.2) is 53.5 Å². The van der Waals surface area contributed by atoms with Crippen molar-refractivity contribution in [1.29, 1.82) is 0 Å². The molecule has 2 fully saturated rings. The summed E-state index contributed by atoms with van der Waals surface area (Å²) in [5.41, 5.74) is 0. The van der Waals surface area contributed by atoms with E-state index in [2.05, 4.69) is 4.72 Å². The van der Waals surface area contributed by atoms with Crippen LogP contribution < -0.4 is 4.72 Å². The molecule has 0 radical (unpaired) electrons. The first-order valence-electron chi connectivity index (χ1n) is 8.61. The van der Waals surface area contributed by atoms with Gasteiger partial charge in [-0.15, -0.1) is 0 Å². The van der Waals surface area contributed by atoms with E-state index in [-0.39, 0.29) is 22.4 Å². The Morgan fingerprint density at radius 3 is 2.20 bits per heavy atom. The second-order valence-electron chi connectivity index (χ2n) is 6.42. The number of piperidine rings is 1. The van der Waals surface area contributed by atoms with E-state index in [1.807, 2.05) is 0 Å². The van der Waals surface area contributed by atoms with Gasteiger partial charge in [0.1, 0.15) is 0 Å². The van der Waals surface area contributed by atoms with Gasteiger partial charge in [-0.3, -0.25) is 0 Å². The SMILES string of the molecule is O=S(=O)(NCC1CCCO1)c1ccc(S(=O)(=O)N2CCCCC2)cc1. The van der Waals surface area contributed by atoms with Crippen molar-refractivity contribution in [2.24, 2.45) is 0 Å². The van der Waals surface area contributed by atoms with Crippen LogP contribution in [0.3, 0.4) is 0 Å². The molecule has 0 amide bonds. The van der Waals surface area contributed by atoms with Crippen molar-refractivity contribution in [3.63, 3.8) is 0 Å². The van der Waals surface area contributed by atoms with E-state index in [1.165, 1.54) is 28.6 Å². The average molecular weight is 389 g/mol. The fourth-order valence-corrected chi connectivity index (χ4v) is 5.72. The van der Waals surface area contributed by atoms with E-state index in [0.29, 0.717) is 19.7 Å². The van der Waals surface area contributed by atoms with Crippen molar-refractivity contribution in [3.8, 4) is 0 Å². The van der Waals surface area contributed by atoms with Gasteiger partial charge >= 0.3 is 0 Å². The molecule has 1 aromatic carbocycles. The number of nitrogens with zero attached hydrogens (tertiary/aromatic N) is 1. The largest absolute Gasteiger partial charge is 0.377 e. The highest BCUT2D eigenvalue weighted by Crippen LogP contribution is 2.22. The van der Waals surface area contributed by atoms with E-state index < -0.39 is 20.0 Å². The Labute approximate surface area is 149 Å². The Bertz CT molecular complexity index is 778. The summed E-state index contributed by atoms with van der Waals surface area (Å²) in [7, 11) is -7.22. The predicted octanol–water partition coefficient (Wildman–Crippen LogP) is 1.32. The maximum absolute atomic E-state index is 12.6. The van der Waals surface area contributed by atoms with E-state index >= 15 is 0 Å². The first kappa shape index (κ1) is 18.8. The number of hydrogen-bond donors (Lipinski definition) is 1. The van der Waals surface area contributed by atoms with Gasteiger partial charge in [0.25, 0.3) is 0 Å². The molecular formula is C16H24N2O5S2. The number of benzene rings is 1. The van der Waals surface area contributed by atoms with Crippen LogP contribution in [0, 0.1) is 0 Å². The van der Waals surface area contributed by atoms with E-state index in [4.69, 9.17) is 4.74 Å². The third kappa shape index (κ3) is 4.40. The predicted molar refractivity (Wildman–Crippen MR) is 93.2 cm³/mol. The van der Waals surface area contributed by atoms with Gasteiger partial charge in [-0.2, -0.15) is 4.31 Å². The van der Waals surface area contributed by atoms with Gasteiger partial charge in [0, 0.05) is 26.2 Å². The Balaban J connectivity index is 1.70. The maximum atomic E-state index is 12.6. The lowest BCUT2D eigenvalue weighted by Crippen LogP contribution is -2.35. The van der Waals surface area contributed by atoms with E-state index in [9.17, 15) is 16.8 Å². The third-order valence-electron chi connectivity index (χ3n) is 4.61. The number of nitrogens with one attached hydrogen (secondary N) is 1. The van der Waals surface area contributed by atoms with Gasteiger partial charge in [-0.25, -0.2) is 21.6 Å². The molecule has 0 spiro atoms. The molecule has 140 valence electrons.